The maximum absolute atomic E-state index is 12.3. The lowest BCUT2D eigenvalue weighted by Crippen LogP contribution is -2.35. The number of halogens is 4. The zero-order chi connectivity index (χ0) is 32.1. The van der Waals surface area contributed by atoms with Crippen LogP contribution in [0.15, 0.2) is 60.9 Å². The Morgan fingerprint density at radius 2 is 1.60 bits per heavy atom. The number of hydrogen-bond donors (Lipinski definition) is 2. The Hall–Kier alpha value is -3.40. The van der Waals surface area contributed by atoms with Crippen LogP contribution in [0.1, 0.15) is 56.3 Å². The summed E-state index contributed by atoms with van der Waals surface area (Å²) in [7, 11) is 1.80. The zero-order valence-electron chi connectivity index (χ0n) is 23.8. The Bertz CT molecular complexity index is 1160. The van der Waals surface area contributed by atoms with Gasteiger partial charge in [-0.15, -0.1) is 0 Å². The SMILES string of the molecule is C=O.COC1CC(C)(CCC=O)CCC1C.O=Cc1cccnc1.Oc1ccc(Cl)c(F)c1.Oc1ccc(Cl)c(F)c1. The fourth-order valence-electron chi connectivity index (χ4n) is 3.92. The standard InChI is InChI=1S/C12H22O2.2C6H4ClFO.C6H5NO.CH2O/c1-10-5-7-12(2,6-4-8-13)9-11(10)14-3;2*7-5-2-1-4(9)3-6(5)8;8-5-6-2-1-3-7-4-6;1-2/h8,10-11H,4-7,9H2,1-3H3;2*1-3,9H;1-5H;1H2. The largest absolute Gasteiger partial charge is 0.508 e. The first-order valence-corrected chi connectivity index (χ1v) is 13.6. The molecule has 1 fully saturated rings. The Kier molecular flexibility index (Phi) is 19.6. The molecule has 2 N–H and O–H groups in total. The molecule has 7 nitrogen and oxygen atoms in total. The summed E-state index contributed by atoms with van der Waals surface area (Å²) in [5.41, 5.74) is 0.946. The van der Waals surface area contributed by atoms with Gasteiger partial charge in [0.15, 0.2) is 6.29 Å². The third kappa shape index (κ3) is 15.6. The van der Waals surface area contributed by atoms with Crippen molar-refractivity contribution in [3.63, 3.8) is 0 Å². The first-order valence-electron chi connectivity index (χ1n) is 12.8. The van der Waals surface area contributed by atoms with Crippen LogP contribution in [0, 0.1) is 23.0 Å². The van der Waals surface area contributed by atoms with Crippen molar-refractivity contribution >= 4 is 42.6 Å². The van der Waals surface area contributed by atoms with Gasteiger partial charge in [0, 0.05) is 43.6 Å². The molecule has 0 spiro atoms. The average molecular weight is 629 g/mol. The highest BCUT2D eigenvalue weighted by molar-refractivity contribution is 6.31. The molecular formula is C31H37Cl2F2NO6. The van der Waals surface area contributed by atoms with Crippen molar-refractivity contribution in [3.8, 4) is 11.5 Å². The lowest BCUT2D eigenvalue weighted by molar-refractivity contribution is -0.108. The number of pyridine rings is 1. The van der Waals surface area contributed by atoms with Crippen LogP contribution in [0.25, 0.3) is 0 Å². The first-order chi connectivity index (χ1) is 19.9. The van der Waals surface area contributed by atoms with Gasteiger partial charge in [-0.2, -0.15) is 0 Å². The molecule has 0 amide bonds. The number of methoxy groups -OCH3 is 1. The van der Waals surface area contributed by atoms with E-state index < -0.39 is 11.6 Å². The Labute approximate surface area is 255 Å². The number of hydrogen-bond acceptors (Lipinski definition) is 7. The van der Waals surface area contributed by atoms with E-state index in [9.17, 15) is 18.4 Å². The minimum atomic E-state index is -0.600. The molecule has 3 aromatic rings. The second kappa shape index (κ2) is 21.3. The number of ether oxygens (including phenoxy) is 1. The van der Waals surface area contributed by atoms with Crippen LogP contribution >= 0.6 is 23.2 Å². The molecule has 42 heavy (non-hydrogen) atoms. The number of aromatic hydroxyl groups is 2. The molecule has 3 unspecified atom stereocenters. The average Bonchev–Trinajstić information content (AvgIpc) is 3.00. The molecule has 1 saturated carbocycles. The number of benzene rings is 2. The number of carbonyl (C=O) groups is 3. The summed E-state index contributed by atoms with van der Waals surface area (Å²) in [5, 5.41) is 17.3. The lowest BCUT2D eigenvalue weighted by atomic mass is 9.68. The van der Waals surface area contributed by atoms with Crippen molar-refractivity contribution in [1.82, 2.24) is 4.98 Å². The predicted molar refractivity (Wildman–Crippen MR) is 160 cm³/mol. The van der Waals surface area contributed by atoms with E-state index in [1.165, 1.54) is 43.3 Å². The van der Waals surface area contributed by atoms with Gasteiger partial charge < -0.3 is 24.5 Å². The minimum Gasteiger partial charge on any atom is -0.508 e. The molecule has 1 aliphatic carbocycles. The van der Waals surface area contributed by atoms with E-state index in [2.05, 4.69) is 18.8 Å². The van der Waals surface area contributed by atoms with Crippen LogP contribution < -0.4 is 0 Å². The van der Waals surface area contributed by atoms with Gasteiger partial charge in [-0.25, -0.2) is 8.78 Å². The smallest absolute Gasteiger partial charge is 0.151 e. The van der Waals surface area contributed by atoms with Gasteiger partial charge >= 0.3 is 0 Å². The van der Waals surface area contributed by atoms with Gasteiger partial charge in [0.1, 0.15) is 36.2 Å². The minimum absolute atomic E-state index is 0.0211. The van der Waals surface area contributed by atoms with E-state index in [1.54, 1.807) is 25.4 Å². The van der Waals surface area contributed by atoms with Crippen LogP contribution in [-0.2, 0) is 14.3 Å². The van der Waals surface area contributed by atoms with E-state index >= 15 is 0 Å². The number of aldehydes is 2. The van der Waals surface area contributed by atoms with Gasteiger partial charge in [0.05, 0.1) is 16.1 Å². The molecule has 0 bridgehead atoms. The van der Waals surface area contributed by atoms with Crippen LogP contribution in [0.3, 0.4) is 0 Å². The molecule has 0 radical (unpaired) electrons. The summed E-state index contributed by atoms with van der Waals surface area (Å²) < 4.78 is 30.1. The van der Waals surface area contributed by atoms with Gasteiger partial charge in [0.25, 0.3) is 0 Å². The topological polar surface area (TPSA) is 114 Å². The molecule has 3 atom stereocenters. The lowest BCUT2D eigenvalue weighted by Gasteiger charge is -2.40. The summed E-state index contributed by atoms with van der Waals surface area (Å²) in [6, 6.07) is 10.6. The molecule has 2 aromatic carbocycles. The molecule has 230 valence electrons. The van der Waals surface area contributed by atoms with Crippen LogP contribution in [0.5, 0.6) is 11.5 Å². The highest BCUT2D eigenvalue weighted by Gasteiger charge is 2.35. The number of rotatable bonds is 5. The highest BCUT2D eigenvalue weighted by atomic mass is 35.5. The zero-order valence-corrected chi connectivity index (χ0v) is 25.3. The summed E-state index contributed by atoms with van der Waals surface area (Å²) in [5.74, 6) is -0.758. The van der Waals surface area contributed by atoms with E-state index in [1.807, 2.05) is 6.79 Å². The second-order valence-corrected chi connectivity index (χ2v) is 10.4. The third-order valence-corrected chi connectivity index (χ3v) is 6.94. The van der Waals surface area contributed by atoms with E-state index in [4.69, 9.17) is 42.9 Å². The second-order valence-electron chi connectivity index (χ2n) is 9.61. The quantitative estimate of drug-likeness (QED) is 0.276. The van der Waals surface area contributed by atoms with Crippen molar-refractivity contribution in [2.24, 2.45) is 11.3 Å². The van der Waals surface area contributed by atoms with Crippen molar-refractivity contribution in [1.29, 1.82) is 0 Å². The normalized spacial score (nSPS) is 18.5. The molecule has 1 aromatic heterocycles. The summed E-state index contributed by atoms with van der Waals surface area (Å²) >= 11 is 10.6. The monoisotopic (exact) mass is 627 g/mol. The third-order valence-electron chi connectivity index (χ3n) is 6.33. The number of aromatic nitrogens is 1. The Morgan fingerprint density at radius 3 is 1.95 bits per heavy atom. The van der Waals surface area contributed by atoms with Crippen molar-refractivity contribution < 1.29 is 38.1 Å². The number of carbonyl (C=O) groups excluding carboxylic acids is 3. The van der Waals surface area contributed by atoms with E-state index in [0.29, 0.717) is 29.4 Å². The predicted octanol–water partition coefficient (Wildman–Crippen LogP) is 7.89. The molecule has 4 rings (SSSR count). The molecule has 0 aliphatic heterocycles. The van der Waals surface area contributed by atoms with Gasteiger partial charge in [-0.1, -0.05) is 37.0 Å². The van der Waals surface area contributed by atoms with E-state index in [-0.39, 0.29) is 21.5 Å². The fraction of sp³-hybridized carbons (Fsp3) is 0.355. The maximum atomic E-state index is 12.3. The number of phenolic OH excluding ortho intramolecular Hbond substituents is 2. The van der Waals surface area contributed by atoms with Crippen molar-refractivity contribution in [2.45, 2.75) is 52.1 Å². The molecule has 1 heterocycles. The van der Waals surface area contributed by atoms with Crippen LogP contribution in [0.2, 0.25) is 10.0 Å². The van der Waals surface area contributed by atoms with Gasteiger partial charge in [-0.3, -0.25) is 9.78 Å². The molecular weight excluding hydrogens is 591 g/mol. The summed E-state index contributed by atoms with van der Waals surface area (Å²) in [6.45, 7) is 6.54. The van der Waals surface area contributed by atoms with Gasteiger partial charge in [-0.05, 0) is 73.4 Å². The summed E-state index contributed by atoms with van der Waals surface area (Å²) in [6.07, 6.45) is 10.6. The number of phenols is 2. The Balaban J connectivity index is 0.000000535. The Morgan fingerprint density at radius 1 is 1.05 bits per heavy atom. The van der Waals surface area contributed by atoms with Crippen LogP contribution in [-0.4, -0.2) is 47.8 Å². The fourth-order valence-corrected chi connectivity index (χ4v) is 4.15. The van der Waals surface area contributed by atoms with Crippen molar-refractivity contribution in [3.05, 3.63) is 88.2 Å². The summed E-state index contributed by atoms with van der Waals surface area (Å²) in [4.78, 5) is 32.1. The van der Waals surface area contributed by atoms with Crippen molar-refractivity contribution in [2.75, 3.05) is 7.11 Å². The van der Waals surface area contributed by atoms with Crippen LogP contribution in [0.4, 0.5) is 8.78 Å². The van der Waals surface area contributed by atoms with Gasteiger partial charge in [0.2, 0.25) is 0 Å². The van der Waals surface area contributed by atoms with E-state index in [0.717, 1.165) is 37.5 Å². The molecule has 11 heteroatoms. The first kappa shape index (κ1) is 38.6. The number of nitrogens with zero attached hydrogens (tertiary/aromatic N) is 1. The molecule has 0 saturated heterocycles. The highest BCUT2D eigenvalue weighted by Crippen LogP contribution is 2.42. The maximum Gasteiger partial charge on any atom is 0.151 e. The molecule has 1 aliphatic rings.